The Morgan fingerprint density at radius 3 is 1.18 bits per heavy atom. The number of imidazole rings is 4. The van der Waals surface area contributed by atoms with Crippen LogP contribution in [0.1, 0.15) is 0 Å². The maximum atomic E-state index is 5.33. The van der Waals surface area contributed by atoms with E-state index >= 15 is 0 Å². The molecule has 10 heteroatoms. The molecule has 12 rings (SSSR count). The minimum absolute atomic E-state index is 0.518. The summed E-state index contributed by atoms with van der Waals surface area (Å²) in [5, 5.41) is 3.91. The van der Waals surface area contributed by atoms with Gasteiger partial charge in [-0.05, 0) is 59.3 Å². The van der Waals surface area contributed by atoms with Crippen LogP contribution in [0.15, 0.2) is 134 Å². The summed E-state index contributed by atoms with van der Waals surface area (Å²) in [6.45, 7) is 0. The van der Waals surface area contributed by atoms with Crippen molar-refractivity contribution in [2.75, 3.05) is 0 Å². The van der Waals surface area contributed by atoms with Gasteiger partial charge in [0.25, 0.3) is 0 Å². The lowest BCUT2D eigenvalue weighted by molar-refractivity contribution is 0.976. The third-order valence-corrected chi connectivity index (χ3v) is 9.90. The maximum Gasteiger partial charge on any atom is 0.237 e. The highest BCUT2D eigenvalue weighted by Gasteiger charge is 2.22. The molecule has 6 aromatic carbocycles. The van der Waals surface area contributed by atoms with Crippen molar-refractivity contribution in [3.63, 3.8) is 0 Å². The minimum Gasteiger partial charge on any atom is -0.276 e. The van der Waals surface area contributed by atoms with Gasteiger partial charge in [0.1, 0.15) is 11.0 Å². The van der Waals surface area contributed by atoms with E-state index < -0.39 is 0 Å². The molecule has 10 nitrogen and oxygen atoms in total. The lowest BCUT2D eigenvalue weighted by atomic mass is 10.0. The summed E-state index contributed by atoms with van der Waals surface area (Å²) >= 11 is 0. The van der Waals surface area contributed by atoms with Crippen LogP contribution in [-0.4, -0.2) is 47.8 Å². The summed E-state index contributed by atoms with van der Waals surface area (Å²) in [6, 6.07) is 41.2. The van der Waals surface area contributed by atoms with Gasteiger partial charge in [0.05, 0.1) is 44.1 Å². The third kappa shape index (κ3) is 3.21. The van der Waals surface area contributed by atoms with Gasteiger partial charge in [-0.25, -0.2) is 39.0 Å². The predicted octanol–water partition coefficient (Wildman–Crippen LogP) is 8.22. The molecule has 50 heavy (non-hydrogen) atoms. The summed E-state index contributed by atoms with van der Waals surface area (Å²) in [5.41, 5.74) is 9.35. The van der Waals surface area contributed by atoms with Crippen molar-refractivity contribution in [2.45, 2.75) is 0 Å². The van der Waals surface area contributed by atoms with Crippen LogP contribution in [0, 0.1) is 0 Å². The van der Waals surface area contributed by atoms with Crippen molar-refractivity contribution in [3.05, 3.63) is 134 Å². The van der Waals surface area contributed by atoms with Gasteiger partial charge in [-0.2, -0.15) is 0 Å². The molecule has 6 aromatic heterocycles. The van der Waals surface area contributed by atoms with Crippen LogP contribution in [0.25, 0.3) is 100 Å². The van der Waals surface area contributed by atoms with Crippen LogP contribution in [0.4, 0.5) is 0 Å². The first-order chi connectivity index (χ1) is 24.8. The molecule has 0 unspecified atom stereocenters. The van der Waals surface area contributed by atoms with Gasteiger partial charge < -0.3 is 0 Å². The quantitative estimate of drug-likeness (QED) is 0.176. The van der Waals surface area contributed by atoms with Crippen molar-refractivity contribution in [1.82, 2.24) is 47.8 Å². The largest absolute Gasteiger partial charge is 0.276 e. The Bertz CT molecular complexity index is 3170. The second kappa shape index (κ2) is 9.24. The van der Waals surface area contributed by atoms with Gasteiger partial charge >= 0.3 is 0 Å². The van der Waals surface area contributed by atoms with E-state index in [1.165, 1.54) is 0 Å². The Balaban J connectivity index is 1.20. The van der Waals surface area contributed by atoms with Gasteiger partial charge in [-0.3, -0.25) is 8.80 Å². The van der Waals surface area contributed by atoms with Crippen LogP contribution < -0.4 is 0 Å². The fourth-order valence-corrected chi connectivity index (χ4v) is 7.76. The average molecular weight is 643 g/mol. The lowest BCUT2D eigenvalue weighted by Gasteiger charge is -2.12. The molecule has 6 heterocycles. The van der Waals surface area contributed by atoms with E-state index in [1.807, 2.05) is 94.3 Å². The van der Waals surface area contributed by atoms with Crippen molar-refractivity contribution in [1.29, 1.82) is 0 Å². The van der Waals surface area contributed by atoms with Crippen LogP contribution in [0.5, 0.6) is 0 Å². The van der Waals surface area contributed by atoms with Crippen LogP contribution in [0.3, 0.4) is 0 Å². The zero-order valence-corrected chi connectivity index (χ0v) is 26.2. The number of hydrogen-bond donors (Lipinski definition) is 0. The average Bonchev–Trinajstić information content (AvgIpc) is 3.91. The zero-order valence-electron chi connectivity index (χ0n) is 26.2. The molecule has 232 valence electrons. The summed E-state index contributed by atoms with van der Waals surface area (Å²) in [5.74, 6) is 2.53. The van der Waals surface area contributed by atoms with Crippen molar-refractivity contribution < 1.29 is 0 Å². The van der Waals surface area contributed by atoms with Crippen molar-refractivity contribution in [3.8, 4) is 11.9 Å². The fraction of sp³-hybridized carbons (Fsp3) is 0. The Morgan fingerprint density at radius 2 is 0.720 bits per heavy atom. The van der Waals surface area contributed by atoms with E-state index in [2.05, 4.69) is 57.3 Å². The number of nitrogens with zero attached hydrogens (tertiary/aromatic N) is 10. The molecular formula is C40H22N10. The van der Waals surface area contributed by atoms with E-state index in [-0.39, 0.29) is 0 Å². The standard InChI is InChI=1S/C40H22N10/c1-2-12-24-23(11-1)25-21-41-37(49-33-19-9-7-17-31(33)47-29-15-5-3-13-27(29)43-39(47)49)45-35(25)36-26(24)22-42-38(46-36)50-34-20-10-8-18-32(34)48-30-16-6-4-14-28(30)44-40(48)50/h1-22H. The monoisotopic (exact) mass is 642 g/mol. The highest BCUT2D eigenvalue weighted by atomic mass is 15.3. The molecule has 0 saturated heterocycles. The van der Waals surface area contributed by atoms with E-state index in [0.29, 0.717) is 11.9 Å². The van der Waals surface area contributed by atoms with Gasteiger partial charge in [-0.1, -0.05) is 72.8 Å². The molecule has 12 aromatic rings. The SMILES string of the molecule is c1ccc2c(c1)nc1n(-c3ncc4c5ccccc5c5cnc(-n6c7ccccc7n7c8ccccc8nc67)nc5c4n3)c3ccccc3n21. The molecule has 0 N–H and O–H groups in total. The number of hydrogen-bond acceptors (Lipinski definition) is 6. The van der Waals surface area contributed by atoms with E-state index in [4.69, 9.17) is 29.9 Å². The van der Waals surface area contributed by atoms with E-state index in [0.717, 1.165) is 88.3 Å². The Morgan fingerprint density at radius 1 is 0.340 bits per heavy atom. The number of fused-ring (bicyclic) bond motifs is 16. The molecule has 0 aliphatic carbocycles. The van der Waals surface area contributed by atoms with E-state index in [9.17, 15) is 0 Å². The van der Waals surface area contributed by atoms with Crippen LogP contribution in [-0.2, 0) is 0 Å². The molecular weight excluding hydrogens is 621 g/mol. The lowest BCUT2D eigenvalue weighted by Crippen LogP contribution is -2.05. The number of benzene rings is 6. The molecule has 0 radical (unpaired) electrons. The normalized spacial score (nSPS) is 12.4. The minimum atomic E-state index is 0.518. The zero-order chi connectivity index (χ0) is 32.5. The Labute approximate surface area is 281 Å². The first-order valence-electron chi connectivity index (χ1n) is 16.4. The summed E-state index contributed by atoms with van der Waals surface area (Å²) in [6.07, 6.45) is 3.83. The number of rotatable bonds is 2. The highest BCUT2D eigenvalue weighted by molar-refractivity contribution is 6.22. The van der Waals surface area contributed by atoms with Crippen LogP contribution >= 0.6 is 0 Å². The summed E-state index contributed by atoms with van der Waals surface area (Å²) in [4.78, 5) is 30.7. The second-order valence-corrected chi connectivity index (χ2v) is 12.5. The molecule has 0 aliphatic heterocycles. The molecule has 0 bridgehead atoms. The molecule has 0 spiro atoms. The highest BCUT2D eigenvalue weighted by Crippen LogP contribution is 2.36. The molecule has 0 amide bonds. The predicted molar refractivity (Wildman–Crippen MR) is 196 cm³/mol. The molecule has 0 fully saturated rings. The van der Waals surface area contributed by atoms with Crippen molar-refractivity contribution >= 4 is 88.3 Å². The maximum absolute atomic E-state index is 5.33. The van der Waals surface area contributed by atoms with Gasteiger partial charge in [0.15, 0.2) is 0 Å². The third-order valence-electron chi connectivity index (χ3n) is 9.90. The first-order valence-corrected chi connectivity index (χ1v) is 16.4. The molecule has 0 atom stereocenters. The number of para-hydroxylation sites is 8. The second-order valence-electron chi connectivity index (χ2n) is 12.5. The van der Waals surface area contributed by atoms with Gasteiger partial charge in [-0.15, -0.1) is 0 Å². The van der Waals surface area contributed by atoms with Crippen LogP contribution in [0.2, 0.25) is 0 Å². The smallest absolute Gasteiger partial charge is 0.237 e. The Hall–Kier alpha value is -7.20. The topological polar surface area (TPSA) is 96.0 Å². The molecule has 0 aliphatic rings. The first kappa shape index (κ1) is 25.8. The summed E-state index contributed by atoms with van der Waals surface area (Å²) in [7, 11) is 0. The fourth-order valence-electron chi connectivity index (χ4n) is 7.76. The molecule has 0 saturated carbocycles. The van der Waals surface area contributed by atoms with Crippen molar-refractivity contribution in [2.24, 2.45) is 0 Å². The van der Waals surface area contributed by atoms with E-state index in [1.54, 1.807) is 0 Å². The van der Waals surface area contributed by atoms with Gasteiger partial charge in [0, 0.05) is 23.2 Å². The Kier molecular flexibility index (Phi) is 4.77. The van der Waals surface area contributed by atoms with Gasteiger partial charge in [0.2, 0.25) is 23.5 Å². The summed E-state index contributed by atoms with van der Waals surface area (Å²) < 4.78 is 8.43. The number of aromatic nitrogens is 10.